The lowest BCUT2D eigenvalue weighted by Crippen LogP contribution is -2.11. The summed E-state index contributed by atoms with van der Waals surface area (Å²) in [6, 6.07) is 2.40. The summed E-state index contributed by atoms with van der Waals surface area (Å²) in [6.07, 6.45) is -3.94. The molecule has 4 heteroatoms. The van der Waals surface area contributed by atoms with Gasteiger partial charge in [0.15, 0.2) is 5.78 Å². The van der Waals surface area contributed by atoms with Gasteiger partial charge in [-0.25, -0.2) is 0 Å². The average molecular weight is 230 g/mol. The summed E-state index contributed by atoms with van der Waals surface area (Å²) in [7, 11) is 0. The molecule has 0 aliphatic heterocycles. The topological polar surface area (TPSA) is 17.1 Å². The lowest BCUT2D eigenvalue weighted by Gasteiger charge is -2.14. The van der Waals surface area contributed by atoms with Crippen molar-refractivity contribution in [2.45, 2.75) is 33.4 Å². The van der Waals surface area contributed by atoms with Crippen molar-refractivity contribution in [3.05, 3.63) is 34.4 Å². The number of benzene rings is 1. The molecule has 0 heterocycles. The molecule has 1 aromatic rings. The molecular formula is C12H13F3O. The van der Waals surface area contributed by atoms with Crippen molar-refractivity contribution < 1.29 is 18.0 Å². The van der Waals surface area contributed by atoms with Crippen LogP contribution in [-0.2, 0) is 12.6 Å². The molecule has 0 radical (unpaired) electrons. The number of carbonyl (C=O) groups excluding carboxylic acids is 1. The maximum Gasteiger partial charge on any atom is 0.416 e. The van der Waals surface area contributed by atoms with Gasteiger partial charge in [0.1, 0.15) is 0 Å². The Morgan fingerprint density at radius 2 is 1.88 bits per heavy atom. The Bertz CT molecular complexity index is 419. The van der Waals surface area contributed by atoms with Gasteiger partial charge in [-0.1, -0.05) is 6.92 Å². The van der Waals surface area contributed by atoms with Crippen LogP contribution in [-0.4, -0.2) is 5.78 Å². The highest BCUT2D eigenvalue weighted by atomic mass is 19.4. The van der Waals surface area contributed by atoms with Gasteiger partial charge in [0.25, 0.3) is 0 Å². The van der Waals surface area contributed by atoms with Crippen molar-refractivity contribution in [3.63, 3.8) is 0 Å². The number of ketones is 1. The second kappa shape index (κ2) is 4.28. The van der Waals surface area contributed by atoms with Crippen molar-refractivity contribution in [2.24, 2.45) is 0 Å². The second-order valence-corrected chi connectivity index (χ2v) is 3.73. The van der Waals surface area contributed by atoms with Crippen LogP contribution >= 0.6 is 0 Å². The molecule has 0 aromatic heterocycles. The van der Waals surface area contributed by atoms with Crippen LogP contribution in [0.2, 0.25) is 0 Å². The minimum Gasteiger partial charge on any atom is -0.295 e. The first kappa shape index (κ1) is 12.7. The number of halogens is 3. The van der Waals surface area contributed by atoms with E-state index in [-0.39, 0.29) is 11.3 Å². The molecule has 0 saturated heterocycles. The number of hydrogen-bond acceptors (Lipinski definition) is 1. The fraction of sp³-hybridized carbons (Fsp3) is 0.417. The molecule has 16 heavy (non-hydrogen) atoms. The number of alkyl halides is 3. The van der Waals surface area contributed by atoms with Gasteiger partial charge in [0, 0.05) is 5.56 Å². The Morgan fingerprint density at radius 3 is 2.25 bits per heavy atom. The molecular weight excluding hydrogens is 217 g/mol. The molecule has 0 saturated carbocycles. The van der Waals surface area contributed by atoms with Crippen LogP contribution in [0.1, 0.15) is 40.9 Å². The van der Waals surface area contributed by atoms with Crippen LogP contribution < -0.4 is 0 Å². The number of aryl methyl sites for hydroxylation is 2. The Labute approximate surface area is 92.3 Å². The highest BCUT2D eigenvalue weighted by Gasteiger charge is 2.33. The highest BCUT2D eigenvalue weighted by Crippen LogP contribution is 2.33. The Morgan fingerprint density at radius 1 is 1.31 bits per heavy atom. The fourth-order valence-electron chi connectivity index (χ4n) is 1.68. The summed E-state index contributed by atoms with van der Waals surface area (Å²) < 4.78 is 37.8. The lowest BCUT2D eigenvalue weighted by atomic mass is 9.95. The van der Waals surface area contributed by atoms with Gasteiger partial charge in [0.05, 0.1) is 5.56 Å². The first-order valence-corrected chi connectivity index (χ1v) is 4.99. The standard InChI is InChI=1S/C12H13F3O/c1-4-9-6-11(12(13,14)15)7(2)5-10(9)8(3)16/h5-6H,4H2,1-3H3. The van der Waals surface area contributed by atoms with E-state index < -0.39 is 11.7 Å². The Balaban J connectivity index is 3.43. The smallest absolute Gasteiger partial charge is 0.295 e. The summed E-state index contributed by atoms with van der Waals surface area (Å²) >= 11 is 0. The van der Waals surface area contributed by atoms with E-state index in [2.05, 4.69) is 0 Å². The quantitative estimate of drug-likeness (QED) is 0.706. The zero-order valence-electron chi connectivity index (χ0n) is 9.40. The maximum absolute atomic E-state index is 12.6. The number of Topliss-reactive ketones (excluding diaryl/α,β-unsaturated/α-hetero) is 1. The largest absolute Gasteiger partial charge is 0.416 e. The number of hydrogen-bond donors (Lipinski definition) is 0. The molecule has 0 bridgehead atoms. The molecule has 1 rings (SSSR count). The molecule has 0 unspecified atom stereocenters. The molecule has 0 N–H and O–H groups in total. The van der Waals surface area contributed by atoms with Gasteiger partial charge in [-0.05, 0) is 43.5 Å². The third kappa shape index (κ3) is 2.43. The first-order valence-electron chi connectivity index (χ1n) is 4.99. The lowest BCUT2D eigenvalue weighted by molar-refractivity contribution is -0.138. The van der Waals surface area contributed by atoms with Crippen molar-refractivity contribution >= 4 is 5.78 Å². The fourth-order valence-corrected chi connectivity index (χ4v) is 1.68. The molecule has 1 nitrogen and oxygen atoms in total. The molecule has 1 aromatic carbocycles. The van der Waals surface area contributed by atoms with Crippen LogP contribution in [0, 0.1) is 6.92 Å². The normalized spacial score (nSPS) is 11.6. The van der Waals surface area contributed by atoms with E-state index in [9.17, 15) is 18.0 Å². The molecule has 0 fully saturated rings. The minimum absolute atomic E-state index is 0.0925. The Hall–Kier alpha value is -1.32. The zero-order valence-corrected chi connectivity index (χ0v) is 9.40. The molecule has 0 spiro atoms. The predicted molar refractivity (Wildman–Crippen MR) is 55.6 cm³/mol. The van der Waals surface area contributed by atoms with E-state index in [1.807, 2.05) is 0 Å². The predicted octanol–water partition coefficient (Wildman–Crippen LogP) is 3.78. The van der Waals surface area contributed by atoms with Gasteiger partial charge in [-0.2, -0.15) is 13.2 Å². The van der Waals surface area contributed by atoms with Crippen molar-refractivity contribution in [3.8, 4) is 0 Å². The van der Waals surface area contributed by atoms with Gasteiger partial charge < -0.3 is 0 Å². The van der Waals surface area contributed by atoms with Gasteiger partial charge in [-0.15, -0.1) is 0 Å². The third-order valence-electron chi connectivity index (χ3n) is 2.52. The second-order valence-electron chi connectivity index (χ2n) is 3.73. The van der Waals surface area contributed by atoms with E-state index in [1.165, 1.54) is 19.9 Å². The van der Waals surface area contributed by atoms with Crippen LogP contribution in [0.5, 0.6) is 0 Å². The van der Waals surface area contributed by atoms with Gasteiger partial charge in [-0.3, -0.25) is 4.79 Å². The highest BCUT2D eigenvalue weighted by molar-refractivity contribution is 5.95. The summed E-state index contributed by atoms with van der Waals surface area (Å²) in [5.74, 6) is -0.200. The van der Waals surface area contributed by atoms with E-state index in [0.717, 1.165) is 6.07 Å². The molecule has 88 valence electrons. The van der Waals surface area contributed by atoms with Gasteiger partial charge >= 0.3 is 6.18 Å². The van der Waals surface area contributed by atoms with E-state index >= 15 is 0 Å². The van der Waals surface area contributed by atoms with Gasteiger partial charge in [0.2, 0.25) is 0 Å². The zero-order chi connectivity index (χ0) is 12.5. The molecule has 0 amide bonds. The summed E-state index contributed by atoms with van der Waals surface area (Å²) in [4.78, 5) is 11.3. The van der Waals surface area contributed by atoms with Crippen LogP contribution in [0.4, 0.5) is 13.2 Å². The Kier molecular flexibility index (Phi) is 3.41. The van der Waals surface area contributed by atoms with Crippen LogP contribution in [0.15, 0.2) is 12.1 Å². The summed E-state index contributed by atoms with van der Waals surface area (Å²) in [6.45, 7) is 4.47. The SMILES string of the molecule is CCc1cc(C(F)(F)F)c(C)cc1C(C)=O. The number of rotatable bonds is 2. The van der Waals surface area contributed by atoms with E-state index in [0.29, 0.717) is 17.5 Å². The van der Waals surface area contributed by atoms with E-state index in [1.54, 1.807) is 6.92 Å². The van der Waals surface area contributed by atoms with Crippen molar-refractivity contribution in [2.75, 3.05) is 0 Å². The first-order chi connectivity index (χ1) is 7.27. The van der Waals surface area contributed by atoms with Crippen LogP contribution in [0.3, 0.4) is 0 Å². The third-order valence-corrected chi connectivity index (χ3v) is 2.52. The van der Waals surface area contributed by atoms with Crippen molar-refractivity contribution in [1.29, 1.82) is 0 Å². The summed E-state index contributed by atoms with van der Waals surface area (Å²) in [5.41, 5.74) is 0.266. The van der Waals surface area contributed by atoms with E-state index in [4.69, 9.17) is 0 Å². The summed E-state index contributed by atoms with van der Waals surface area (Å²) in [5, 5.41) is 0. The number of carbonyl (C=O) groups is 1. The molecule has 0 aliphatic carbocycles. The maximum atomic E-state index is 12.6. The van der Waals surface area contributed by atoms with Crippen LogP contribution in [0.25, 0.3) is 0 Å². The molecule has 0 atom stereocenters. The average Bonchev–Trinajstić information content (AvgIpc) is 2.15. The van der Waals surface area contributed by atoms with Crippen molar-refractivity contribution in [1.82, 2.24) is 0 Å². The molecule has 0 aliphatic rings. The minimum atomic E-state index is -4.36. The monoisotopic (exact) mass is 230 g/mol.